The fourth-order valence-electron chi connectivity index (χ4n) is 2.20. The molecule has 2 rings (SSSR count). The molecule has 24 heavy (non-hydrogen) atoms. The van der Waals surface area contributed by atoms with Gasteiger partial charge in [-0.1, -0.05) is 18.2 Å². The molecule has 0 aliphatic heterocycles. The summed E-state index contributed by atoms with van der Waals surface area (Å²) in [5, 5.41) is 2.69. The molecule has 0 aliphatic carbocycles. The normalized spacial score (nSPS) is 11.5. The van der Waals surface area contributed by atoms with E-state index in [9.17, 15) is 9.59 Å². The number of hydrogen-bond acceptors (Lipinski definition) is 5. The Balaban J connectivity index is 2.07. The third kappa shape index (κ3) is 4.45. The number of nitrogens with two attached hydrogens (primary N) is 2. The number of benzene rings is 1. The van der Waals surface area contributed by atoms with Crippen LogP contribution in [0.5, 0.6) is 5.75 Å². The second-order valence-corrected chi connectivity index (χ2v) is 5.15. The Bertz CT molecular complexity index is 699. The van der Waals surface area contributed by atoms with Crippen LogP contribution in [0.1, 0.15) is 24.0 Å². The van der Waals surface area contributed by atoms with Gasteiger partial charge in [0.25, 0.3) is 0 Å². The van der Waals surface area contributed by atoms with E-state index in [-0.39, 0.29) is 6.54 Å². The standard InChI is InChI=1S/C17H20N4O3/c1-2-24-13-6-4-12(5-7-13)15(16(19)22)17(23)21-10-11-3-8-14(18)20-9-11/h3-9,15H,2,10H2,1H3,(H2,18,20)(H2,19,22)(H,21,23)/t15-/m0/s1. The molecule has 0 bridgehead atoms. The molecule has 5 N–H and O–H groups in total. The fraction of sp³-hybridized carbons (Fsp3) is 0.235. The van der Waals surface area contributed by atoms with Crippen LogP contribution in [0.15, 0.2) is 42.6 Å². The van der Waals surface area contributed by atoms with Gasteiger partial charge in [0.1, 0.15) is 17.5 Å². The number of hydrogen-bond donors (Lipinski definition) is 3. The number of nitrogen functional groups attached to an aromatic ring is 1. The van der Waals surface area contributed by atoms with Gasteiger partial charge in [0, 0.05) is 12.7 Å². The largest absolute Gasteiger partial charge is 0.494 e. The summed E-state index contributed by atoms with van der Waals surface area (Å²) >= 11 is 0. The monoisotopic (exact) mass is 328 g/mol. The van der Waals surface area contributed by atoms with Gasteiger partial charge >= 0.3 is 0 Å². The molecule has 0 saturated heterocycles. The summed E-state index contributed by atoms with van der Waals surface area (Å²) in [7, 11) is 0. The Labute approximate surface area is 140 Å². The van der Waals surface area contributed by atoms with Crippen molar-refractivity contribution in [3.8, 4) is 5.75 Å². The lowest BCUT2D eigenvalue weighted by molar-refractivity contribution is -0.130. The van der Waals surface area contributed by atoms with Crippen LogP contribution >= 0.6 is 0 Å². The number of aromatic nitrogens is 1. The van der Waals surface area contributed by atoms with E-state index in [0.717, 1.165) is 5.56 Å². The number of amides is 2. The molecule has 0 spiro atoms. The lowest BCUT2D eigenvalue weighted by Crippen LogP contribution is -2.36. The average molecular weight is 328 g/mol. The molecule has 0 aliphatic rings. The summed E-state index contributed by atoms with van der Waals surface area (Å²) in [5.41, 5.74) is 12.2. The van der Waals surface area contributed by atoms with Gasteiger partial charge in [-0.25, -0.2) is 4.98 Å². The van der Waals surface area contributed by atoms with Crippen molar-refractivity contribution in [1.29, 1.82) is 0 Å². The molecular formula is C17H20N4O3. The molecule has 1 aromatic heterocycles. The van der Waals surface area contributed by atoms with E-state index in [1.165, 1.54) is 0 Å². The van der Waals surface area contributed by atoms with Crippen molar-refractivity contribution in [2.24, 2.45) is 5.73 Å². The number of rotatable bonds is 7. The number of ether oxygens (including phenoxy) is 1. The summed E-state index contributed by atoms with van der Waals surface area (Å²) < 4.78 is 5.34. The smallest absolute Gasteiger partial charge is 0.237 e. The first kappa shape index (κ1) is 17.3. The number of nitrogens with zero attached hydrogens (tertiary/aromatic N) is 1. The minimum atomic E-state index is -1.07. The molecule has 1 atom stereocenters. The van der Waals surface area contributed by atoms with E-state index < -0.39 is 17.7 Å². The Morgan fingerprint density at radius 3 is 2.46 bits per heavy atom. The van der Waals surface area contributed by atoms with E-state index in [2.05, 4.69) is 10.3 Å². The molecule has 0 radical (unpaired) electrons. The summed E-state index contributed by atoms with van der Waals surface area (Å²) in [4.78, 5) is 28.0. The second-order valence-electron chi connectivity index (χ2n) is 5.15. The van der Waals surface area contributed by atoms with Crippen LogP contribution in [0.4, 0.5) is 5.82 Å². The third-order valence-corrected chi connectivity index (χ3v) is 3.39. The van der Waals surface area contributed by atoms with Crippen molar-refractivity contribution in [2.75, 3.05) is 12.3 Å². The first-order valence-electron chi connectivity index (χ1n) is 7.51. The number of carbonyl (C=O) groups excluding carboxylic acids is 2. The topological polar surface area (TPSA) is 120 Å². The SMILES string of the molecule is CCOc1ccc([C@@H](C(N)=O)C(=O)NCc2ccc(N)nc2)cc1. The van der Waals surface area contributed by atoms with E-state index in [1.807, 2.05) is 6.92 Å². The summed E-state index contributed by atoms with van der Waals surface area (Å²) in [6, 6.07) is 10.1. The third-order valence-electron chi connectivity index (χ3n) is 3.39. The van der Waals surface area contributed by atoms with Crippen molar-refractivity contribution in [3.63, 3.8) is 0 Å². The highest BCUT2D eigenvalue weighted by molar-refractivity contribution is 6.05. The predicted molar refractivity (Wildman–Crippen MR) is 90.0 cm³/mol. The molecule has 1 heterocycles. The first-order valence-corrected chi connectivity index (χ1v) is 7.51. The molecule has 1 aromatic carbocycles. The zero-order chi connectivity index (χ0) is 17.5. The quantitative estimate of drug-likeness (QED) is 0.653. The van der Waals surface area contributed by atoms with Crippen LogP contribution in [-0.4, -0.2) is 23.4 Å². The highest BCUT2D eigenvalue weighted by atomic mass is 16.5. The number of carbonyl (C=O) groups is 2. The first-order chi connectivity index (χ1) is 11.5. The van der Waals surface area contributed by atoms with Gasteiger partial charge < -0.3 is 21.5 Å². The minimum Gasteiger partial charge on any atom is -0.494 e. The van der Waals surface area contributed by atoms with E-state index in [1.54, 1.807) is 42.6 Å². The summed E-state index contributed by atoms with van der Waals surface area (Å²) in [6.07, 6.45) is 1.56. The summed E-state index contributed by atoms with van der Waals surface area (Å²) in [5.74, 6) is -1.19. The van der Waals surface area contributed by atoms with Gasteiger partial charge in [0.05, 0.1) is 6.61 Å². The van der Waals surface area contributed by atoms with Gasteiger partial charge in [0.2, 0.25) is 11.8 Å². The molecule has 7 nitrogen and oxygen atoms in total. The molecule has 126 valence electrons. The Kier molecular flexibility index (Phi) is 5.73. The highest BCUT2D eigenvalue weighted by Crippen LogP contribution is 2.20. The van der Waals surface area contributed by atoms with Crippen LogP contribution < -0.4 is 21.5 Å². The van der Waals surface area contributed by atoms with Crippen molar-refractivity contribution in [3.05, 3.63) is 53.7 Å². The molecule has 0 saturated carbocycles. The number of anilines is 1. The lowest BCUT2D eigenvalue weighted by atomic mass is 9.97. The Hall–Kier alpha value is -3.09. The van der Waals surface area contributed by atoms with Crippen LogP contribution in [-0.2, 0) is 16.1 Å². The van der Waals surface area contributed by atoms with Crippen LogP contribution in [0, 0.1) is 0 Å². The molecule has 2 aromatic rings. The van der Waals surface area contributed by atoms with Crippen LogP contribution in [0.3, 0.4) is 0 Å². The van der Waals surface area contributed by atoms with Crippen molar-refractivity contribution >= 4 is 17.6 Å². The maximum atomic E-state index is 12.3. The fourth-order valence-corrected chi connectivity index (χ4v) is 2.20. The van der Waals surface area contributed by atoms with Gasteiger partial charge in [-0.15, -0.1) is 0 Å². The van der Waals surface area contributed by atoms with Gasteiger partial charge in [-0.3, -0.25) is 9.59 Å². The van der Waals surface area contributed by atoms with Gasteiger partial charge in [-0.05, 0) is 36.2 Å². The average Bonchev–Trinajstić information content (AvgIpc) is 2.56. The molecule has 2 amide bonds. The van der Waals surface area contributed by atoms with Crippen molar-refractivity contribution in [2.45, 2.75) is 19.4 Å². The number of primary amides is 1. The molecule has 7 heteroatoms. The molecule has 0 fully saturated rings. The zero-order valence-corrected chi connectivity index (χ0v) is 13.4. The highest BCUT2D eigenvalue weighted by Gasteiger charge is 2.26. The maximum absolute atomic E-state index is 12.3. The van der Waals surface area contributed by atoms with E-state index in [4.69, 9.17) is 16.2 Å². The second kappa shape index (κ2) is 7.96. The van der Waals surface area contributed by atoms with Crippen LogP contribution in [0.2, 0.25) is 0 Å². The molecule has 0 unspecified atom stereocenters. The number of nitrogens with one attached hydrogen (secondary N) is 1. The predicted octanol–water partition coefficient (Wildman–Crippen LogP) is 0.948. The summed E-state index contributed by atoms with van der Waals surface area (Å²) in [6.45, 7) is 2.64. The maximum Gasteiger partial charge on any atom is 0.237 e. The molecular weight excluding hydrogens is 308 g/mol. The Morgan fingerprint density at radius 1 is 1.21 bits per heavy atom. The lowest BCUT2D eigenvalue weighted by Gasteiger charge is -2.15. The van der Waals surface area contributed by atoms with Gasteiger partial charge in [0.15, 0.2) is 0 Å². The number of pyridine rings is 1. The van der Waals surface area contributed by atoms with Gasteiger partial charge in [-0.2, -0.15) is 0 Å². The van der Waals surface area contributed by atoms with Crippen molar-refractivity contribution < 1.29 is 14.3 Å². The van der Waals surface area contributed by atoms with E-state index in [0.29, 0.717) is 23.7 Å². The van der Waals surface area contributed by atoms with E-state index >= 15 is 0 Å². The van der Waals surface area contributed by atoms with Crippen LogP contribution in [0.25, 0.3) is 0 Å². The zero-order valence-electron chi connectivity index (χ0n) is 13.4. The Morgan fingerprint density at radius 2 is 1.92 bits per heavy atom. The minimum absolute atomic E-state index is 0.229. The van der Waals surface area contributed by atoms with Crippen molar-refractivity contribution in [1.82, 2.24) is 10.3 Å².